The summed E-state index contributed by atoms with van der Waals surface area (Å²) < 4.78 is 5.93. The van der Waals surface area contributed by atoms with Gasteiger partial charge in [-0.1, -0.05) is 6.92 Å². The Bertz CT molecular complexity index is 563. The van der Waals surface area contributed by atoms with Crippen molar-refractivity contribution in [2.24, 2.45) is 0 Å². The zero-order valence-electron chi connectivity index (χ0n) is 13.3. The van der Waals surface area contributed by atoms with E-state index in [2.05, 4.69) is 33.1 Å². The standard InChI is InChI=1S/C16H23BrN2O3/c1-4-19-7-5-6-11(19)9-18-16(21)13-14(20)10(2)8-12(17)15(13)22-3/h8,11,20H,4-7,9H2,1-3H3,(H,18,21)/t11-/m0/s1. The van der Waals surface area contributed by atoms with Gasteiger partial charge in [0.15, 0.2) is 0 Å². The second kappa shape index (κ2) is 7.33. The first kappa shape index (κ1) is 17.1. The number of phenolic OH excluding ortho intramolecular Hbond substituents is 1. The number of nitrogens with one attached hydrogen (secondary N) is 1. The number of rotatable bonds is 5. The fourth-order valence-electron chi connectivity index (χ4n) is 3.00. The third-order valence-corrected chi connectivity index (χ3v) is 4.82. The molecule has 0 aromatic heterocycles. The highest BCUT2D eigenvalue weighted by Gasteiger charge is 2.26. The zero-order valence-corrected chi connectivity index (χ0v) is 14.9. The van der Waals surface area contributed by atoms with Crippen molar-refractivity contribution in [2.75, 3.05) is 26.7 Å². The Morgan fingerprint density at radius 1 is 1.59 bits per heavy atom. The minimum absolute atomic E-state index is 0.0312. The molecular formula is C16H23BrN2O3. The van der Waals surface area contributed by atoms with Gasteiger partial charge in [-0.15, -0.1) is 0 Å². The zero-order chi connectivity index (χ0) is 16.3. The third kappa shape index (κ3) is 3.38. The molecular weight excluding hydrogens is 348 g/mol. The molecule has 22 heavy (non-hydrogen) atoms. The molecule has 0 spiro atoms. The van der Waals surface area contributed by atoms with Crippen LogP contribution in [0.25, 0.3) is 0 Å². The number of hydrogen-bond acceptors (Lipinski definition) is 4. The van der Waals surface area contributed by atoms with Crippen LogP contribution in [-0.2, 0) is 0 Å². The lowest BCUT2D eigenvalue weighted by atomic mass is 10.1. The first-order chi connectivity index (χ1) is 10.5. The molecule has 2 rings (SSSR count). The van der Waals surface area contributed by atoms with Crippen LogP contribution in [0.3, 0.4) is 0 Å². The van der Waals surface area contributed by atoms with Gasteiger partial charge in [0.2, 0.25) is 0 Å². The summed E-state index contributed by atoms with van der Waals surface area (Å²) in [4.78, 5) is 14.9. The second-order valence-electron chi connectivity index (χ2n) is 5.57. The molecule has 6 heteroatoms. The molecule has 1 fully saturated rings. The molecule has 1 aromatic carbocycles. The van der Waals surface area contributed by atoms with E-state index >= 15 is 0 Å². The SMILES string of the molecule is CCN1CCC[C@H]1CNC(=O)c1c(O)c(C)cc(Br)c1OC. The van der Waals surface area contributed by atoms with Gasteiger partial charge in [-0.05, 0) is 60.4 Å². The summed E-state index contributed by atoms with van der Waals surface area (Å²) in [5.41, 5.74) is 0.823. The summed E-state index contributed by atoms with van der Waals surface area (Å²) in [5, 5.41) is 13.2. The van der Waals surface area contributed by atoms with Crippen molar-refractivity contribution in [1.29, 1.82) is 0 Å². The average Bonchev–Trinajstić information content (AvgIpc) is 2.95. The summed E-state index contributed by atoms with van der Waals surface area (Å²) in [5.74, 6) is 0.0254. The number of aromatic hydroxyl groups is 1. The molecule has 2 N–H and O–H groups in total. The molecule has 1 atom stereocenters. The van der Waals surface area contributed by atoms with Gasteiger partial charge in [0.25, 0.3) is 5.91 Å². The summed E-state index contributed by atoms with van der Waals surface area (Å²) in [6.07, 6.45) is 2.26. The van der Waals surface area contributed by atoms with Gasteiger partial charge < -0.3 is 15.2 Å². The van der Waals surface area contributed by atoms with E-state index < -0.39 is 0 Å². The minimum Gasteiger partial charge on any atom is -0.507 e. The maximum Gasteiger partial charge on any atom is 0.258 e. The maximum atomic E-state index is 12.5. The normalized spacial score (nSPS) is 18.5. The van der Waals surface area contributed by atoms with E-state index in [9.17, 15) is 9.90 Å². The number of ether oxygens (including phenoxy) is 1. The first-order valence-corrected chi connectivity index (χ1v) is 8.37. The number of carbonyl (C=O) groups is 1. The summed E-state index contributed by atoms with van der Waals surface area (Å²) in [7, 11) is 1.49. The van der Waals surface area contributed by atoms with Crippen LogP contribution in [0.15, 0.2) is 10.5 Å². The molecule has 1 aliphatic rings. The van der Waals surface area contributed by atoms with Crippen LogP contribution < -0.4 is 10.1 Å². The molecule has 122 valence electrons. The number of hydrogen-bond donors (Lipinski definition) is 2. The molecule has 0 unspecified atom stereocenters. The largest absolute Gasteiger partial charge is 0.507 e. The van der Waals surface area contributed by atoms with E-state index in [-0.39, 0.29) is 17.2 Å². The number of carbonyl (C=O) groups excluding carboxylic acids is 1. The van der Waals surface area contributed by atoms with E-state index in [1.54, 1.807) is 13.0 Å². The summed E-state index contributed by atoms with van der Waals surface area (Å²) >= 11 is 3.37. The van der Waals surface area contributed by atoms with Crippen molar-refractivity contribution in [3.63, 3.8) is 0 Å². The van der Waals surface area contributed by atoms with Crippen LogP contribution in [0.4, 0.5) is 0 Å². The van der Waals surface area contributed by atoms with Gasteiger partial charge >= 0.3 is 0 Å². The summed E-state index contributed by atoms with van der Waals surface area (Å²) in [6, 6.07) is 2.11. The fourth-order valence-corrected chi connectivity index (χ4v) is 3.70. The Morgan fingerprint density at radius 2 is 2.32 bits per heavy atom. The maximum absolute atomic E-state index is 12.5. The number of nitrogens with zero attached hydrogens (tertiary/aromatic N) is 1. The van der Waals surface area contributed by atoms with Gasteiger partial charge in [-0.25, -0.2) is 0 Å². The molecule has 0 saturated carbocycles. The number of aryl methyl sites for hydroxylation is 1. The molecule has 0 bridgehead atoms. The molecule has 0 aliphatic carbocycles. The van der Waals surface area contributed by atoms with Gasteiger partial charge in [0, 0.05) is 12.6 Å². The van der Waals surface area contributed by atoms with E-state index in [1.807, 2.05) is 0 Å². The van der Waals surface area contributed by atoms with Gasteiger partial charge in [-0.2, -0.15) is 0 Å². The van der Waals surface area contributed by atoms with Crippen molar-refractivity contribution in [1.82, 2.24) is 10.2 Å². The summed E-state index contributed by atoms with van der Waals surface area (Å²) in [6.45, 7) is 6.55. The van der Waals surface area contributed by atoms with Crippen molar-refractivity contribution >= 4 is 21.8 Å². The quantitative estimate of drug-likeness (QED) is 0.836. The Hall–Kier alpha value is -1.27. The van der Waals surface area contributed by atoms with Gasteiger partial charge in [0.05, 0.1) is 11.6 Å². The molecule has 0 radical (unpaired) electrons. The van der Waals surface area contributed by atoms with Crippen molar-refractivity contribution in [2.45, 2.75) is 32.7 Å². The predicted molar refractivity (Wildman–Crippen MR) is 89.7 cm³/mol. The third-order valence-electron chi connectivity index (χ3n) is 4.23. The van der Waals surface area contributed by atoms with Crippen LogP contribution >= 0.6 is 15.9 Å². The van der Waals surface area contributed by atoms with Crippen LogP contribution in [0.1, 0.15) is 35.7 Å². The van der Waals surface area contributed by atoms with E-state index in [1.165, 1.54) is 13.5 Å². The second-order valence-corrected chi connectivity index (χ2v) is 6.42. The average molecular weight is 371 g/mol. The molecule has 1 aromatic rings. The fraction of sp³-hybridized carbons (Fsp3) is 0.562. The number of phenols is 1. The van der Waals surface area contributed by atoms with Gasteiger partial charge in [-0.3, -0.25) is 9.69 Å². The molecule has 5 nitrogen and oxygen atoms in total. The molecule has 1 heterocycles. The number of methoxy groups -OCH3 is 1. The van der Waals surface area contributed by atoms with Crippen molar-refractivity contribution in [3.8, 4) is 11.5 Å². The lowest BCUT2D eigenvalue weighted by Crippen LogP contribution is -2.40. The smallest absolute Gasteiger partial charge is 0.258 e. The number of likely N-dealkylation sites (N-methyl/N-ethyl adjacent to an activating group) is 1. The number of amides is 1. The highest BCUT2D eigenvalue weighted by Crippen LogP contribution is 2.37. The Morgan fingerprint density at radius 3 is 2.95 bits per heavy atom. The molecule has 1 aliphatic heterocycles. The Labute approximate surface area is 139 Å². The highest BCUT2D eigenvalue weighted by molar-refractivity contribution is 9.10. The van der Waals surface area contributed by atoms with E-state index in [4.69, 9.17) is 4.74 Å². The lowest BCUT2D eigenvalue weighted by Gasteiger charge is -2.23. The Balaban J connectivity index is 2.16. The van der Waals surface area contributed by atoms with Gasteiger partial charge in [0.1, 0.15) is 17.1 Å². The minimum atomic E-state index is -0.304. The van der Waals surface area contributed by atoms with Crippen molar-refractivity contribution < 1.29 is 14.6 Å². The number of likely N-dealkylation sites (tertiary alicyclic amines) is 1. The lowest BCUT2D eigenvalue weighted by molar-refractivity contribution is 0.0935. The molecule has 1 saturated heterocycles. The first-order valence-electron chi connectivity index (χ1n) is 7.57. The Kier molecular flexibility index (Phi) is 5.69. The van der Waals surface area contributed by atoms with Crippen LogP contribution in [0.2, 0.25) is 0 Å². The van der Waals surface area contributed by atoms with Crippen LogP contribution in [0.5, 0.6) is 11.5 Å². The van der Waals surface area contributed by atoms with Crippen molar-refractivity contribution in [3.05, 3.63) is 21.7 Å². The van der Waals surface area contributed by atoms with E-state index in [0.29, 0.717) is 28.4 Å². The number of benzene rings is 1. The monoisotopic (exact) mass is 370 g/mol. The van der Waals surface area contributed by atoms with E-state index in [0.717, 1.165) is 19.5 Å². The van der Waals surface area contributed by atoms with Crippen LogP contribution in [0, 0.1) is 6.92 Å². The van der Waals surface area contributed by atoms with Crippen LogP contribution in [-0.4, -0.2) is 48.7 Å². The predicted octanol–water partition coefficient (Wildman–Crippen LogP) is 2.69. The molecule has 1 amide bonds. The highest BCUT2D eigenvalue weighted by atomic mass is 79.9. The number of halogens is 1. The topological polar surface area (TPSA) is 61.8 Å².